The lowest BCUT2D eigenvalue weighted by molar-refractivity contribution is 0.330. The summed E-state index contributed by atoms with van der Waals surface area (Å²) in [5, 5.41) is 3.87. The lowest BCUT2D eigenvalue weighted by atomic mass is 9.74. The van der Waals surface area contributed by atoms with Gasteiger partial charge in [-0.2, -0.15) is 0 Å². The molecule has 0 radical (unpaired) electrons. The molecule has 1 unspecified atom stereocenters. The Morgan fingerprint density at radius 2 is 1.69 bits per heavy atom. The number of hydrogen-bond donors (Lipinski definition) is 4. The largest absolute Gasteiger partial charge is 0.370 e. The van der Waals surface area contributed by atoms with Crippen molar-refractivity contribution in [1.82, 2.24) is 0 Å². The van der Waals surface area contributed by atoms with Crippen LogP contribution in [-0.2, 0) is 5.66 Å². The molecule has 1 atom stereocenters. The summed E-state index contributed by atoms with van der Waals surface area (Å²) in [6, 6.07) is 13.8. The minimum Gasteiger partial charge on any atom is -0.370 e. The Kier molecular flexibility index (Phi) is 7.82. The summed E-state index contributed by atoms with van der Waals surface area (Å²) in [5.41, 5.74) is 21.9. The van der Waals surface area contributed by atoms with Crippen LogP contribution >= 0.6 is 36.4 Å². The summed E-state index contributed by atoms with van der Waals surface area (Å²) in [6.45, 7) is 0.771. The molecule has 1 saturated carbocycles. The third kappa shape index (κ3) is 4.49. The fraction of sp³-hybridized carbons (Fsp3) is 0.381. The van der Waals surface area contributed by atoms with Crippen LogP contribution in [-0.4, -0.2) is 12.5 Å². The highest BCUT2D eigenvalue weighted by Crippen LogP contribution is 2.45. The van der Waals surface area contributed by atoms with E-state index in [1.807, 2.05) is 30.3 Å². The second kappa shape index (κ2) is 9.54. The third-order valence-corrected chi connectivity index (χ3v) is 6.19. The predicted octanol–water partition coefficient (Wildman–Crippen LogP) is 4.32. The van der Waals surface area contributed by atoms with E-state index in [0.29, 0.717) is 22.8 Å². The quantitative estimate of drug-likeness (QED) is 0.552. The molecule has 1 heterocycles. The van der Waals surface area contributed by atoms with Crippen LogP contribution in [0.5, 0.6) is 0 Å². The molecule has 158 valence electrons. The molecule has 1 aliphatic heterocycles. The van der Waals surface area contributed by atoms with Crippen molar-refractivity contribution in [2.75, 3.05) is 11.9 Å². The van der Waals surface area contributed by atoms with Gasteiger partial charge in [-0.15, -0.1) is 24.8 Å². The average Bonchev–Trinajstić information content (AvgIpc) is 2.68. The van der Waals surface area contributed by atoms with Crippen molar-refractivity contribution in [3.05, 3.63) is 64.2 Å². The van der Waals surface area contributed by atoms with Crippen LogP contribution in [0.2, 0.25) is 5.02 Å². The number of aliphatic imine (C=N–C) groups is 1. The molecule has 0 bridgehead atoms. The van der Waals surface area contributed by atoms with Gasteiger partial charge in [-0.1, -0.05) is 35.9 Å². The van der Waals surface area contributed by atoms with Gasteiger partial charge in [-0.3, -0.25) is 5.73 Å². The van der Waals surface area contributed by atoms with E-state index in [1.54, 1.807) is 0 Å². The highest BCUT2D eigenvalue weighted by Gasteiger charge is 2.39. The Bertz CT molecular complexity index is 863. The van der Waals surface area contributed by atoms with Crippen LogP contribution in [0.25, 0.3) is 0 Å². The molecule has 0 aromatic heterocycles. The number of fused-ring (bicyclic) bond motifs is 1. The number of rotatable bonds is 3. The van der Waals surface area contributed by atoms with E-state index in [4.69, 9.17) is 28.8 Å². The van der Waals surface area contributed by atoms with E-state index in [1.165, 1.54) is 5.56 Å². The second-order valence-corrected chi connectivity index (χ2v) is 8.05. The zero-order valence-electron chi connectivity index (χ0n) is 16.1. The van der Waals surface area contributed by atoms with Gasteiger partial charge < -0.3 is 16.8 Å². The fourth-order valence-corrected chi connectivity index (χ4v) is 4.60. The van der Waals surface area contributed by atoms with Crippen molar-refractivity contribution in [3.8, 4) is 0 Å². The fourth-order valence-electron chi connectivity index (χ4n) is 4.47. The first-order valence-corrected chi connectivity index (χ1v) is 9.90. The van der Waals surface area contributed by atoms with Gasteiger partial charge in [-0.25, -0.2) is 4.99 Å². The number of guanidine groups is 1. The standard InChI is InChI=1S/C21H26ClN5.2ClH/c22-16-10-8-15(9-11-16)21(25)19-17(14-6-4-13(12-23)5-7-14)2-1-3-18(19)26-20(24)27-21;;/h1-3,8-11,13-14H,4-7,12,23,25H2,(H3,24,26,27);2*1H/t13-,14-,21?;;. The van der Waals surface area contributed by atoms with E-state index in [0.717, 1.165) is 49.0 Å². The third-order valence-electron chi connectivity index (χ3n) is 5.94. The van der Waals surface area contributed by atoms with Gasteiger partial charge in [0, 0.05) is 16.3 Å². The lowest BCUT2D eigenvalue weighted by Gasteiger charge is -2.38. The maximum Gasteiger partial charge on any atom is 0.195 e. The highest BCUT2D eigenvalue weighted by atomic mass is 35.5. The molecule has 29 heavy (non-hydrogen) atoms. The highest BCUT2D eigenvalue weighted by molar-refractivity contribution is 6.30. The molecule has 8 heteroatoms. The Balaban J connectivity index is 0.00000150. The summed E-state index contributed by atoms with van der Waals surface area (Å²) in [4.78, 5) is 4.64. The summed E-state index contributed by atoms with van der Waals surface area (Å²) in [5.74, 6) is 1.41. The van der Waals surface area contributed by atoms with Crippen LogP contribution < -0.4 is 22.5 Å². The van der Waals surface area contributed by atoms with Gasteiger partial charge in [0.05, 0.1) is 0 Å². The molecule has 2 aliphatic rings. The van der Waals surface area contributed by atoms with Gasteiger partial charge in [-0.05, 0) is 73.4 Å². The molecule has 0 spiro atoms. The summed E-state index contributed by atoms with van der Waals surface area (Å²) in [7, 11) is 0. The number of hydrogen-bond acceptors (Lipinski definition) is 5. The zero-order chi connectivity index (χ0) is 19.0. The van der Waals surface area contributed by atoms with Crippen LogP contribution in [0.3, 0.4) is 0 Å². The second-order valence-electron chi connectivity index (χ2n) is 7.62. The number of halogens is 3. The topological polar surface area (TPSA) is 102 Å². The SMILES string of the molecule is Cl.Cl.NC[C@H]1CC[C@H](c2cccc3c2C(N)(c2ccc(Cl)cc2)N=C(N)N3)CC1. The van der Waals surface area contributed by atoms with Crippen LogP contribution in [0.1, 0.15) is 48.3 Å². The van der Waals surface area contributed by atoms with Crippen molar-refractivity contribution in [2.45, 2.75) is 37.3 Å². The van der Waals surface area contributed by atoms with E-state index in [2.05, 4.69) is 22.4 Å². The van der Waals surface area contributed by atoms with E-state index >= 15 is 0 Å². The van der Waals surface area contributed by atoms with Gasteiger partial charge in [0.15, 0.2) is 11.6 Å². The van der Waals surface area contributed by atoms with Crippen molar-refractivity contribution in [2.24, 2.45) is 28.1 Å². The minimum atomic E-state index is -1.03. The summed E-state index contributed by atoms with van der Waals surface area (Å²) >= 11 is 6.08. The zero-order valence-corrected chi connectivity index (χ0v) is 18.5. The first kappa shape index (κ1) is 23.8. The first-order chi connectivity index (χ1) is 13.0. The van der Waals surface area contributed by atoms with Crippen molar-refractivity contribution in [3.63, 3.8) is 0 Å². The van der Waals surface area contributed by atoms with Crippen molar-refractivity contribution >= 4 is 48.1 Å². The van der Waals surface area contributed by atoms with Crippen LogP contribution in [0, 0.1) is 5.92 Å². The maximum atomic E-state index is 6.92. The van der Waals surface area contributed by atoms with Crippen LogP contribution in [0.15, 0.2) is 47.5 Å². The van der Waals surface area contributed by atoms with Crippen molar-refractivity contribution < 1.29 is 0 Å². The van der Waals surface area contributed by atoms with Crippen LogP contribution in [0.4, 0.5) is 5.69 Å². The molecule has 2 aromatic rings. The number of benzene rings is 2. The molecule has 4 rings (SSSR count). The maximum absolute atomic E-state index is 6.92. The monoisotopic (exact) mass is 455 g/mol. The summed E-state index contributed by atoms with van der Waals surface area (Å²) < 4.78 is 0. The van der Waals surface area contributed by atoms with Gasteiger partial charge in [0.1, 0.15) is 0 Å². The average molecular weight is 457 g/mol. The molecular formula is C21H28Cl3N5. The Labute approximate surface area is 189 Å². The number of nitrogens with one attached hydrogen (secondary N) is 1. The van der Waals surface area contributed by atoms with E-state index < -0.39 is 5.66 Å². The van der Waals surface area contributed by atoms with Crippen molar-refractivity contribution in [1.29, 1.82) is 0 Å². The number of anilines is 1. The molecular weight excluding hydrogens is 429 g/mol. The molecule has 1 fully saturated rings. The Morgan fingerprint density at radius 1 is 1.03 bits per heavy atom. The molecule has 1 aliphatic carbocycles. The minimum absolute atomic E-state index is 0. The predicted molar refractivity (Wildman–Crippen MR) is 126 cm³/mol. The van der Waals surface area contributed by atoms with E-state index in [9.17, 15) is 0 Å². The Morgan fingerprint density at radius 3 is 2.31 bits per heavy atom. The molecule has 7 N–H and O–H groups in total. The smallest absolute Gasteiger partial charge is 0.195 e. The molecule has 0 amide bonds. The van der Waals surface area contributed by atoms with Gasteiger partial charge in [0.2, 0.25) is 0 Å². The van der Waals surface area contributed by atoms with Gasteiger partial charge >= 0.3 is 0 Å². The summed E-state index contributed by atoms with van der Waals surface area (Å²) in [6.07, 6.45) is 4.55. The van der Waals surface area contributed by atoms with E-state index in [-0.39, 0.29) is 24.8 Å². The molecule has 0 saturated heterocycles. The Hall–Kier alpha value is -1.50. The van der Waals surface area contributed by atoms with Gasteiger partial charge in [0.25, 0.3) is 0 Å². The first-order valence-electron chi connectivity index (χ1n) is 9.52. The molecule has 2 aromatic carbocycles. The normalized spacial score (nSPS) is 25.6. The number of nitrogens with two attached hydrogens (primary N) is 3. The number of nitrogens with zero attached hydrogens (tertiary/aromatic N) is 1. The molecule has 5 nitrogen and oxygen atoms in total. The lowest BCUT2D eigenvalue weighted by Crippen LogP contribution is -2.45.